The molecule has 2 rings (SSSR count). The Morgan fingerprint density at radius 1 is 0.791 bits per heavy atom. The van der Waals surface area contributed by atoms with Crippen LogP contribution < -0.4 is 15.4 Å². The third kappa shape index (κ3) is 9.27. The third-order valence-corrected chi connectivity index (χ3v) is 7.47. The van der Waals surface area contributed by atoms with Crippen LogP contribution in [0.4, 0.5) is 34.1 Å². The lowest BCUT2D eigenvalue weighted by molar-refractivity contribution is -0.393. The maximum atomic E-state index is 11.4. The van der Waals surface area contributed by atoms with Crippen LogP contribution in [0.1, 0.15) is 64.5 Å². The summed E-state index contributed by atoms with van der Waals surface area (Å²) in [4.78, 5) is 43.1. The minimum Gasteiger partial charge on any atom is -0.371 e. The summed E-state index contributed by atoms with van der Waals surface area (Å²) < 4.78 is 22.9. The van der Waals surface area contributed by atoms with Crippen molar-refractivity contribution in [2.24, 2.45) is 5.14 Å². The molecule has 17 nitrogen and oxygen atoms in total. The van der Waals surface area contributed by atoms with Crippen LogP contribution in [0.25, 0.3) is 0 Å². The van der Waals surface area contributed by atoms with Crippen LogP contribution in [0, 0.1) is 54.3 Å². The van der Waals surface area contributed by atoms with Gasteiger partial charge in [-0.3, -0.25) is 40.5 Å². The molecule has 0 unspecified atom stereocenters. The van der Waals surface area contributed by atoms with E-state index in [2.05, 4.69) is 5.32 Å². The van der Waals surface area contributed by atoms with Crippen LogP contribution in [0.2, 0.25) is 0 Å². The first-order valence-electron chi connectivity index (χ1n) is 13.4. The van der Waals surface area contributed by atoms with E-state index in [4.69, 9.17) is 5.14 Å². The molecule has 0 aliphatic carbocycles. The van der Waals surface area contributed by atoms with Gasteiger partial charge < -0.3 is 10.2 Å². The number of benzene rings is 2. The van der Waals surface area contributed by atoms with E-state index in [1.54, 1.807) is 13.8 Å². The molecule has 0 heterocycles. The molecule has 0 atom stereocenters. The molecule has 238 valence electrons. The zero-order chi connectivity index (χ0) is 33.2. The number of sulfonamides is 1. The van der Waals surface area contributed by atoms with Gasteiger partial charge in [0.2, 0.25) is 10.0 Å². The van der Waals surface area contributed by atoms with E-state index in [1.165, 1.54) is 11.0 Å². The number of nitrogens with zero attached hydrogens (tertiary/aromatic N) is 5. The van der Waals surface area contributed by atoms with Crippen molar-refractivity contribution in [1.82, 2.24) is 0 Å². The number of nitrogens with one attached hydrogen (secondary N) is 1. The summed E-state index contributed by atoms with van der Waals surface area (Å²) >= 11 is 0. The second-order valence-corrected chi connectivity index (χ2v) is 11.2. The normalized spacial score (nSPS) is 11.0. The van der Waals surface area contributed by atoms with E-state index in [0.29, 0.717) is 37.1 Å². The molecule has 0 radical (unpaired) electrons. The van der Waals surface area contributed by atoms with Gasteiger partial charge in [0.15, 0.2) is 11.4 Å². The van der Waals surface area contributed by atoms with Gasteiger partial charge in [-0.05, 0) is 45.1 Å². The highest BCUT2D eigenvalue weighted by Gasteiger charge is 2.33. The first-order valence-corrected chi connectivity index (χ1v) is 14.9. The number of nitro groups is 4. The Morgan fingerprint density at radius 2 is 1.23 bits per heavy atom. The van der Waals surface area contributed by atoms with Crippen LogP contribution in [-0.2, 0) is 10.0 Å². The molecular formula is C25H37N7O10S. The highest BCUT2D eigenvalue weighted by molar-refractivity contribution is 7.89. The van der Waals surface area contributed by atoms with Crippen molar-refractivity contribution in [3.8, 4) is 0 Å². The molecule has 3 N–H and O–H groups in total. The first-order chi connectivity index (χ1) is 20.0. The summed E-state index contributed by atoms with van der Waals surface area (Å²) in [5.41, 5.74) is -0.939. The number of primary sulfonamides is 1. The zero-order valence-corrected chi connectivity index (χ0v) is 25.7. The van der Waals surface area contributed by atoms with Gasteiger partial charge in [-0.2, -0.15) is 0 Å². The second kappa shape index (κ2) is 15.7. The lowest BCUT2D eigenvalue weighted by atomic mass is 10.0. The fraction of sp³-hybridized carbons (Fsp3) is 0.520. The Kier molecular flexibility index (Phi) is 13.3. The van der Waals surface area contributed by atoms with Gasteiger partial charge in [0.1, 0.15) is 0 Å². The largest absolute Gasteiger partial charge is 0.371 e. The minimum absolute atomic E-state index is 0.0109. The number of nitro benzene ring substituents is 4. The fourth-order valence-electron chi connectivity index (χ4n) is 4.31. The molecule has 0 amide bonds. The number of anilines is 2. The highest BCUT2D eigenvalue weighted by Crippen LogP contribution is 2.41. The predicted octanol–water partition coefficient (Wildman–Crippen LogP) is 5.50. The Labute approximate surface area is 248 Å². The molecule has 18 heteroatoms. The Hall–Kier alpha value is -4.45. The van der Waals surface area contributed by atoms with Crippen molar-refractivity contribution in [2.75, 3.05) is 23.3 Å². The second-order valence-electron chi connectivity index (χ2n) is 9.59. The molecule has 0 aliphatic rings. The number of nitrogens with two attached hydrogens (primary N) is 1. The van der Waals surface area contributed by atoms with Gasteiger partial charge in [-0.25, -0.2) is 13.6 Å². The monoisotopic (exact) mass is 627 g/mol. The van der Waals surface area contributed by atoms with Crippen molar-refractivity contribution >= 4 is 44.1 Å². The molecule has 0 aliphatic heterocycles. The highest BCUT2D eigenvalue weighted by atomic mass is 32.2. The van der Waals surface area contributed by atoms with Crippen molar-refractivity contribution in [1.29, 1.82) is 0 Å². The van der Waals surface area contributed by atoms with Gasteiger partial charge in [-0.1, -0.05) is 27.7 Å². The van der Waals surface area contributed by atoms with Crippen molar-refractivity contribution in [3.05, 3.63) is 69.8 Å². The van der Waals surface area contributed by atoms with Crippen LogP contribution >= 0.6 is 0 Å². The molecular weight excluding hydrogens is 590 g/mol. The fourth-order valence-corrected chi connectivity index (χ4v) is 4.87. The minimum atomic E-state index is -4.31. The van der Waals surface area contributed by atoms with E-state index >= 15 is 0 Å². The van der Waals surface area contributed by atoms with Gasteiger partial charge in [0, 0.05) is 42.9 Å². The van der Waals surface area contributed by atoms with E-state index in [9.17, 15) is 48.9 Å². The van der Waals surface area contributed by atoms with Crippen LogP contribution in [0.3, 0.4) is 0 Å². The van der Waals surface area contributed by atoms with Gasteiger partial charge in [0.25, 0.3) is 5.69 Å². The van der Waals surface area contributed by atoms with Crippen LogP contribution in [-0.4, -0.2) is 47.2 Å². The summed E-state index contributed by atoms with van der Waals surface area (Å²) in [5, 5.41) is 53.0. The predicted molar refractivity (Wildman–Crippen MR) is 161 cm³/mol. The SMILES string of the molecule is CCC(CC)Nc1c([N+](=O)[O-])cc(C)c(C)c1[N+](=O)[O-].CCCN(CCC)c1c([N+](=O)[O-])cc(S(N)(=O)=O)cc1[N+](=O)[O-]. The van der Waals surface area contributed by atoms with Crippen molar-refractivity contribution < 1.29 is 28.1 Å². The Bertz CT molecular complexity index is 1440. The van der Waals surface area contributed by atoms with E-state index < -0.39 is 46.0 Å². The summed E-state index contributed by atoms with van der Waals surface area (Å²) in [6.07, 6.45) is 2.70. The van der Waals surface area contributed by atoms with Gasteiger partial charge in [-0.15, -0.1) is 0 Å². The van der Waals surface area contributed by atoms with E-state index in [1.807, 2.05) is 27.7 Å². The molecule has 0 saturated carbocycles. The molecule has 2 aromatic rings. The standard InChI is InChI=1S/C13H19N3O4.C12H18N4O6S/c1-5-10(6-2)14-12-11(15(17)18)7-8(3)9(4)13(12)16(19)20;1-3-5-14(6-4-2)12-10(15(17)18)7-9(23(13,21)22)8-11(12)16(19)20/h7,10,14H,5-6H2,1-4H3;7-8H,3-6H2,1-2H3,(H2,13,21,22). The topological polar surface area (TPSA) is 248 Å². The van der Waals surface area contributed by atoms with E-state index in [0.717, 1.165) is 25.0 Å². The quantitative estimate of drug-likeness (QED) is 0.195. The summed E-state index contributed by atoms with van der Waals surface area (Å²) in [5.74, 6) is 0. The first kappa shape index (κ1) is 36.6. The van der Waals surface area contributed by atoms with E-state index in [-0.39, 0.29) is 28.8 Å². The Balaban J connectivity index is 0.000000434. The molecule has 0 bridgehead atoms. The molecule has 2 aromatic carbocycles. The number of hydrogen-bond donors (Lipinski definition) is 2. The van der Waals surface area contributed by atoms with Gasteiger partial charge in [0.05, 0.1) is 24.6 Å². The lowest BCUT2D eigenvalue weighted by Crippen LogP contribution is -2.27. The van der Waals surface area contributed by atoms with Gasteiger partial charge >= 0.3 is 17.1 Å². The van der Waals surface area contributed by atoms with Crippen molar-refractivity contribution in [3.63, 3.8) is 0 Å². The van der Waals surface area contributed by atoms with Crippen LogP contribution in [0.15, 0.2) is 23.1 Å². The zero-order valence-electron chi connectivity index (χ0n) is 24.9. The molecule has 0 fully saturated rings. The molecule has 0 saturated heterocycles. The molecule has 0 aromatic heterocycles. The maximum Gasteiger partial charge on any atom is 0.302 e. The Morgan fingerprint density at radius 3 is 1.56 bits per heavy atom. The van der Waals surface area contributed by atoms with Crippen molar-refractivity contribution in [2.45, 2.75) is 78.2 Å². The van der Waals surface area contributed by atoms with Crippen LogP contribution in [0.5, 0.6) is 0 Å². The average molecular weight is 628 g/mol. The number of rotatable bonds is 14. The number of hydrogen-bond acceptors (Lipinski definition) is 12. The average Bonchev–Trinajstić information content (AvgIpc) is 2.91. The smallest absolute Gasteiger partial charge is 0.302 e. The molecule has 0 spiro atoms. The summed E-state index contributed by atoms with van der Waals surface area (Å²) in [6.45, 7) is 11.5. The third-order valence-electron chi connectivity index (χ3n) is 6.57. The maximum absolute atomic E-state index is 11.4. The number of aryl methyl sites for hydroxylation is 1. The molecule has 43 heavy (non-hydrogen) atoms. The summed E-state index contributed by atoms with van der Waals surface area (Å²) in [6, 6.07) is 2.87. The summed E-state index contributed by atoms with van der Waals surface area (Å²) in [7, 11) is -4.31. The lowest BCUT2D eigenvalue weighted by Gasteiger charge is -2.23.